The standard InChI is InChI=1S/C40H47NO5/c1-31-39(44-28-34-14-7-3-8-15-34)40(45-29-35-16-9-4-10-17-35)38(43-27-33-12-5-2-6-13-33)26-41(31)24-23-32-19-21-36(22-20-32)46-37-18-11-25-42-30-37/h2-10,12-17,19-22,31,37-40H,11,18,23-30H2,1H3/t31-,37?,38+,39-,40-/m1/s1. The van der Waals surface area contributed by atoms with Crippen molar-refractivity contribution in [3.8, 4) is 5.75 Å². The largest absolute Gasteiger partial charge is 0.488 e. The Balaban J connectivity index is 1.17. The van der Waals surface area contributed by atoms with Gasteiger partial charge in [0.25, 0.3) is 0 Å². The van der Waals surface area contributed by atoms with Gasteiger partial charge >= 0.3 is 0 Å². The number of nitrogens with zero attached hydrogens (tertiary/aromatic N) is 1. The molecule has 0 aromatic heterocycles. The summed E-state index contributed by atoms with van der Waals surface area (Å²) in [6, 6.07) is 39.8. The van der Waals surface area contributed by atoms with E-state index in [0.29, 0.717) is 26.4 Å². The van der Waals surface area contributed by atoms with E-state index in [1.807, 2.05) is 18.2 Å². The third kappa shape index (κ3) is 9.27. The van der Waals surface area contributed by atoms with Crippen molar-refractivity contribution in [2.45, 2.75) is 76.5 Å². The summed E-state index contributed by atoms with van der Waals surface area (Å²) in [6.45, 7) is 6.99. The Labute approximate surface area is 274 Å². The van der Waals surface area contributed by atoms with E-state index >= 15 is 0 Å². The summed E-state index contributed by atoms with van der Waals surface area (Å²) >= 11 is 0. The second-order valence-electron chi connectivity index (χ2n) is 12.4. The first kappa shape index (κ1) is 32.4. The van der Waals surface area contributed by atoms with Gasteiger partial charge in [0.2, 0.25) is 0 Å². The topological polar surface area (TPSA) is 49.4 Å². The van der Waals surface area contributed by atoms with Gasteiger partial charge in [0.15, 0.2) is 0 Å². The number of rotatable bonds is 14. The van der Waals surface area contributed by atoms with E-state index in [9.17, 15) is 0 Å². The Hall–Kier alpha value is -3.52. The van der Waals surface area contributed by atoms with E-state index in [2.05, 4.69) is 109 Å². The molecule has 2 aliphatic rings. The first-order chi connectivity index (χ1) is 22.7. The van der Waals surface area contributed by atoms with Gasteiger partial charge in [-0.25, -0.2) is 0 Å². The van der Waals surface area contributed by atoms with Crippen molar-refractivity contribution in [2.75, 3.05) is 26.3 Å². The van der Waals surface area contributed by atoms with Crippen LogP contribution in [0.4, 0.5) is 0 Å². The Morgan fingerprint density at radius 2 is 1.22 bits per heavy atom. The summed E-state index contributed by atoms with van der Waals surface area (Å²) in [5.41, 5.74) is 4.73. The van der Waals surface area contributed by atoms with Crippen molar-refractivity contribution in [1.82, 2.24) is 4.90 Å². The summed E-state index contributed by atoms with van der Waals surface area (Å²) in [6.07, 6.45) is 2.61. The first-order valence-electron chi connectivity index (χ1n) is 16.8. The molecule has 2 heterocycles. The van der Waals surface area contributed by atoms with E-state index < -0.39 is 0 Å². The maximum atomic E-state index is 6.76. The molecular formula is C40H47NO5. The van der Waals surface area contributed by atoms with Gasteiger partial charge in [-0.15, -0.1) is 0 Å². The average Bonchev–Trinajstić information content (AvgIpc) is 3.11. The number of ether oxygens (including phenoxy) is 5. The van der Waals surface area contributed by atoms with Crippen molar-refractivity contribution in [1.29, 1.82) is 0 Å². The van der Waals surface area contributed by atoms with Gasteiger partial charge in [0, 0.05) is 25.7 Å². The van der Waals surface area contributed by atoms with Crippen LogP contribution in [0.1, 0.15) is 42.0 Å². The number of piperidine rings is 1. The molecule has 1 unspecified atom stereocenters. The smallest absolute Gasteiger partial charge is 0.122 e. The van der Waals surface area contributed by atoms with Crippen LogP contribution < -0.4 is 4.74 Å². The van der Waals surface area contributed by atoms with Gasteiger partial charge in [-0.2, -0.15) is 0 Å². The molecule has 0 bridgehead atoms. The molecule has 46 heavy (non-hydrogen) atoms. The van der Waals surface area contributed by atoms with E-state index in [1.165, 1.54) is 5.56 Å². The third-order valence-electron chi connectivity index (χ3n) is 9.07. The number of benzene rings is 4. The summed E-state index contributed by atoms with van der Waals surface area (Å²) in [5.74, 6) is 0.910. The highest BCUT2D eigenvalue weighted by Gasteiger charge is 2.44. The fourth-order valence-corrected chi connectivity index (χ4v) is 6.39. The number of hydrogen-bond acceptors (Lipinski definition) is 6. The third-order valence-corrected chi connectivity index (χ3v) is 9.07. The summed E-state index contributed by atoms with van der Waals surface area (Å²) < 4.78 is 31.9. The molecule has 0 amide bonds. The van der Waals surface area contributed by atoms with Crippen molar-refractivity contribution in [3.05, 3.63) is 138 Å². The zero-order valence-electron chi connectivity index (χ0n) is 26.9. The minimum absolute atomic E-state index is 0.134. The SMILES string of the molecule is C[C@@H]1[C@@H](OCc2ccccc2)[C@H](OCc2ccccc2)[C@@H](OCc2ccccc2)CN1CCc1ccc(OC2CCCOC2)cc1. The molecule has 4 aromatic carbocycles. The summed E-state index contributed by atoms with van der Waals surface area (Å²) in [5, 5.41) is 0. The lowest BCUT2D eigenvalue weighted by Crippen LogP contribution is -2.62. The molecule has 5 atom stereocenters. The normalized spacial score (nSPS) is 23.6. The molecule has 6 heteroatoms. The van der Waals surface area contributed by atoms with E-state index in [1.54, 1.807) is 0 Å². The zero-order valence-corrected chi connectivity index (χ0v) is 26.9. The number of hydrogen-bond donors (Lipinski definition) is 0. The average molecular weight is 622 g/mol. The predicted octanol–water partition coefficient (Wildman–Crippen LogP) is 7.25. The lowest BCUT2D eigenvalue weighted by Gasteiger charge is -2.47. The molecule has 6 rings (SSSR count). The minimum Gasteiger partial charge on any atom is -0.488 e. The monoisotopic (exact) mass is 621 g/mol. The maximum Gasteiger partial charge on any atom is 0.122 e. The summed E-state index contributed by atoms with van der Waals surface area (Å²) in [4.78, 5) is 2.51. The van der Waals surface area contributed by atoms with Crippen LogP contribution in [0.2, 0.25) is 0 Å². The van der Waals surface area contributed by atoms with Gasteiger partial charge in [-0.1, -0.05) is 103 Å². The summed E-state index contributed by atoms with van der Waals surface area (Å²) in [7, 11) is 0. The second-order valence-corrected chi connectivity index (χ2v) is 12.4. The van der Waals surface area contributed by atoms with Crippen LogP contribution in [0, 0.1) is 0 Å². The molecule has 6 nitrogen and oxygen atoms in total. The van der Waals surface area contributed by atoms with Crippen LogP contribution in [0.3, 0.4) is 0 Å². The molecule has 2 aliphatic heterocycles. The van der Waals surface area contributed by atoms with E-state index in [0.717, 1.165) is 61.4 Å². The first-order valence-corrected chi connectivity index (χ1v) is 16.8. The van der Waals surface area contributed by atoms with Crippen molar-refractivity contribution in [2.24, 2.45) is 0 Å². The van der Waals surface area contributed by atoms with Crippen LogP contribution in [-0.4, -0.2) is 61.7 Å². The van der Waals surface area contributed by atoms with Gasteiger partial charge in [0.05, 0.1) is 32.5 Å². The fraction of sp³-hybridized carbons (Fsp3) is 0.400. The molecule has 0 aliphatic carbocycles. The fourth-order valence-electron chi connectivity index (χ4n) is 6.39. The zero-order chi connectivity index (χ0) is 31.4. The predicted molar refractivity (Wildman–Crippen MR) is 181 cm³/mol. The maximum absolute atomic E-state index is 6.76. The van der Waals surface area contributed by atoms with Crippen molar-refractivity contribution < 1.29 is 23.7 Å². The molecule has 4 aromatic rings. The Kier molecular flexibility index (Phi) is 11.9. The lowest BCUT2D eigenvalue weighted by atomic mass is 9.93. The Morgan fingerprint density at radius 1 is 0.652 bits per heavy atom. The highest BCUT2D eigenvalue weighted by atomic mass is 16.6. The molecule has 0 radical (unpaired) electrons. The molecule has 0 spiro atoms. The molecule has 2 fully saturated rings. The van der Waals surface area contributed by atoms with Crippen LogP contribution in [0.25, 0.3) is 0 Å². The molecular weight excluding hydrogens is 574 g/mol. The van der Waals surface area contributed by atoms with Crippen LogP contribution in [0.5, 0.6) is 5.75 Å². The number of likely N-dealkylation sites (tertiary alicyclic amines) is 1. The van der Waals surface area contributed by atoms with Crippen molar-refractivity contribution >= 4 is 0 Å². The highest BCUT2D eigenvalue weighted by molar-refractivity contribution is 5.28. The van der Waals surface area contributed by atoms with Crippen LogP contribution >= 0.6 is 0 Å². The Bertz CT molecular complexity index is 1410. The second kappa shape index (κ2) is 16.9. The van der Waals surface area contributed by atoms with Gasteiger partial charge < -0.3 is 23.7 Å². The van der Waals surface area contributed by atoms with Gasteiger partial charge in [-0.05, 0) is 60.6 Å². The van der Waals surface area contributed by atoms with Crippen LogP contribution in [-0.2, 0) is 45.2 Å². The minimum atomic E-state index is -0.223. The quantitative estimate of drug-likeness (QED) is 0.148. The van der Waals surface area contributed by atoms with Crippen molar-refractivity contribution in [3.63, 3.8) is 0 Å². The van der Waals surface area contributed by atoms with E-state index in [-0.39, 0.29) is 30.5 Å². The Morgan fingerprint density at radius 3 is 1.78 bits per heavy atom. The van der Waals surface area contributed by atoms with Gasteiger partial charge in [0.1, 0.15) is 24.1 Å². The molecule has 2 saturated heterocycles. The van der Waals surface area contributed by atoms with E-state index in [4.69, 9.17) is 23.7 Å². The van der Waals surface area contributed by atoms with Crippen LogP contribution in [0.15, 0.2) is 115 Å². The molecule has 0 saturated carbocycles. The molecule has 0 N–H and O–H groups in total. The lowest BCUT2D eigenvalue weighted by molar-refractivity contribution is -0.200. The highest BCUT2D eigenvalue weighted by Crippen LogP contribution is 2.29. The molecule has 242 valence electrons. The van der Waals surface area contributed by atoms with Gasteiger partial charge in [-0.3, -0.25) is 4.90 Å².